The molecule has 4 aromatic rings. The summed E-state index contributed by atoms with van der Waals surface area (Å²) in [6.45, 7) is 0. The normalized spacial score (nSPS) is 17.7. The van der Waals surface area contributed by atoms with Crippen molar-refractivity contribution in [2.24, 2.45) is 5.10 Å². The summed E-state index contributed by atoms with van der Waals surface area (Å²) < 4.78 is 8.52. The molecular formula is C40H31N2O+. The Bertz CT molecular complexity index is 1800. The van der Waals surface area contributed by atoms with Crippen molar-refractivity contribution in [3.8, 4) is 0 Å². The number of nitrogens with zero attached hydrogens (tertiary/aromatic N) is 2. The lowest BCUT2D eigenvalue weighted by molar-refractivity contribution is -0.566. The van der Waals surface area contributed by atoms with Gasteiger partial charge in [-0.15, -0.1) is 0 Å². The molecule has 0 spiro atoms. The van der Waals surface area contributed by atoms with Crippen molar-refractivity contribution in [3.63, 3.8) is 0 Å². The van der Waals surface area contributed by atoms with Crippen molar-refractivity contribution < 1.29 is 9.42 Å². The lowest BCUT2D eigenvalue weighted by Gasteiger charge is -2.19. The molecule has 3 nitrogen and oxygen atoms in total. The summed E-state index contributed by atoms with van der Waals surface area (Å²) in [4.78, 5) is 0. The highest BCUT2D eigenvalue weighted by molar-refractivity contribution is 6.05. The Morgan fingerprint density at radius 3 is 1.60 bits per heavy atom. The van der Waals surface area contributed by atoms with Crippen LogP contribution in [0.1, 0.15) is 34.7 Å². The monoisotopic (exact) mass is 555 g/mol. The molecule has 0 N–H and O–H groups in total. The van der Waals surface area contributed by atoms with E-state index in [1.54, 1.807) is 0 Å². The number of ether oxygens (including phenoxy) is 1. The van der Waals surface area contributed by atoms with Crippen LogP contribution in [0.2, 0.25) is 0 Å². The summed E-state index contributed by atoms with van der Waals surface area (Å²) in [6, 6.07) is 41.8. The molecule has 2 aliphatic heterocycles. The van der Waals surface area contributed by atoms with Gasteiger partial charge in [0.15, 0.2) is 0 Å². The second kappa shape index (κ2) is 12.1. The Morgan fingerprint density at radius 1 is 0.558 bits per heavy atom. The fourth-order valence-electron chi connectivity index (χ4n) is 5.53. The lowest BCUT2D eigenvalue weighted by Crippen LogP contribution is -2.16. The minimum Gasteiger partial charge on any atom is -0.456 e. The molecule has 0 radical (unpaired) electrons. The molecule has 1 aliphatic carbocycles. The van der Waals surface area contributed by atoms with Crippen LogP contribution in [0.5, 0.6) is 0 Å². The molecule has 4 aromatic carbocycles. The van der Waals surface area contributed by atoms with Crippen LogP contribution in [0, 0.1) is 0 Å². The molecular weight excluding hydrogens is 524 g/mol. The number of allylic oxidation sites excluding steroid dienone is 10. The molecule has 0 amide bonds. The zero-order chi connectivity index (χ0) is 28.8. The lowest BCUT2D eigenvalue weighted by atomic mass is 9.98. The summed E-state index contributed by atoms with van der Waals surface area (Å²) in [7, 11) is 0. The topological polar surface area (TPSA) is 24.6 Å². The Balaban J connectivity index is 1.20. The number of hydrogen-bond acceptors (Lipinski definition) is 2. The van der Waals surface area contributed by atoms with Gasteiger partial charge in [-0.2, -0.15) is 0 Å². The van der Waals surface area contributed by atoms with Gasteiger partial charge in [0, 0.05) is 34.4 Å². The highest BCUT2D eigenvalue weighted by Crippen LogP contribution is 2.33. The van der Waals surface area contributed by atoms with Gasteiger partial charge in [-0.3, -0.25) is 0 Å². The number of benzene rings is 4. The average Bonchev–Trinajstić information content (AvgIpc) is 3.55. The first-order valence-corrected chi connectivity index (χ1v) is 14.6. The minimum absolute atomic E-state index is 0.152. The zero-order valence-corrected chi connectivity index (χ0v) is 23.8. The molecule has 7 rings (SSSR count). The van der Waals surface area contributed by atoms with Crippen LogP contribution in [-0.4, -0.2) is 16.1 Å². The van der Waals surface area contributed by atoms with Gasteiger partial charge in [0.1, 0.15) is 17.2 Å². The van der Waals surface area contributed by atoms with Gasteiger partial charge in [0.05, 0.1) is 6.42 Å². The summed E-state index contributed by atoms with van der Waals surface area (Å²) in [5.41, 5.74) is 8.92. The van der Waals surface area contributed by atoms with E-state index in [-0.39, 0.29) is 6.04 Å². The van der Waals surface area contributed by atoms with Crippen molar-refractivity contribution in [1.82, 2.24) is 0 Å². The van der Waals surface area contributed by atoms with Gasteiger partial charge in [-0.1, -0.05) is 138 Å². The van der Waals surface area contributed by atoms with Gasteiger partial charge in [-0.05, 0) is 40.6 Å². The summed E-state index contributed by atoms with van der Waals surface area (Å²) in [5.74, 6) is 1.68. The van der Waals surface area contributed by atoms with Crippen LogP contribution in [-0.2, 0) is 4.74 Å². The van der Waals surface area contributed by atoms with Crippen LogP contribution in [0.4, 0.5) is 0 Å². The third-order valence-corrected chi connectivity index (χ3v) is 7.76. The van der Waals surface area contributed by atoms with Crippen LogP contribution >= 0.6 is 0 Å². The molecule has 0 bridgehead atoms. The number of hydrogen-bond donors (Lipinski definition) is 0. The highest BCUT2D eigenvalue weighted by Gasteiger charge is 2.35. The molecule has 43 heavy (non-hydrogen) atoms. The first-order chi connectivity index (χ1) is 21.3. The quantitative estimate of drug-likeness (QED) is 0.225. The largest absolute Gasteiger partial charge is 0.456 e. The second-order valence-electron chi connectivity index (χ2n) is 10.7. The Hall–Kier alpha value is -5.54. The molecule has 0 aromatic heterocycles. The van der Waals surface area contributed by atoms with E-state index >= 15 is 0 Å². The third kappa shape index (κ3) is 5.93. The van der Waals surface area contributed by atoms with Gasteiger partial charge >= 0.3 is 0 Å². The molecule has 1 atom stereocenters. The maximum atomic E-state index is 6.35. The maximum Gasteiger partial charge on any atom is 0.232 e. The first-order valence-electron chi connectivity index (χ1n) is 14.6. The van der Waals surface area contributed by atoms with Gasteiger partial charge < -0.3 is 4.74 Å². The van der Waals surface area contributed by atoms with E-state index in [1.807, 2.05) is 42.5 Å². The standard InChI is InChI=1S/C40H31N2O/c1-5-13-32(14-6-1)37-29-38(33-15-7-2-8-16-33)42(41-37)36-25-23-30(24-26-36)21-22-31-27-39(34-17-9-3-10-18-34)43-40(28-31)35-19-11-4-12-20-35/h1-28,38H,29H2/q+1. The molecule has 0 saturated heterocycles. The van der Waals surface area contributed by atoms with E-state index in [2.05, 4.69) is 132 Å². The van der Waals surface area contributed by atoms with E-state index < -0.39 is 0 Å². The third-order valence-electron chi connectivity index (χ3n) is 7.76. The van der Waals surface area contributed by atoms with Crippen molar-refractivity contribution in [3.05, 3.63) is 203 Å². The van der Waals surface area contributed by atoms with E-state index in [9.17, 15) is 0 Å². The van der Waals surface area contributed by atoms with E-state index in [1.165, 1.54) is 11.1 Å². The Kier molecular flexibility index (Phi) is 7.44. The van der Waals surface area contributed by atoms with Gasteiger partial charge in [0.2, 0.25) is 11.8 Å². The number of hydrazone groups is 1. The minimum atomic E-state index is 0.152. The predicted molar refractivity (Wildman–Crippen MR) is 176 cm³/mol. The van der Waals surface area contributed by atoms with E-state index in [4.69, 9.17) is 9.84 Å². The van der Waals surface area contributed by atoms with Crippen LogP contribution in [0.25, 0.3) is 11.5 Å². The summed E-state index contributed by atoms with van der Waals surface area (Å²) in [5, 5.41) is 5.11. The molecule has 0 fully saturated rings. The van der Waals surface area contributed by atoms with Gasteiger partial charge in [-0.25, -0.2) is 0 Å². The van der Waals surface area contributed by atoms with Crippen LogP contribution in [0.15, 0.2) is 186 Å². The van der Waals surface area contributed by atoms with Crippen molar-refractivity contribution in [1.29, 1.82) is 0 Å². The SMILES string of the molecule is C1=CC(=[N+]2N=C(c3ccccc3)CC2c2ccccc2)C=CC1=CC=C1C=C(c2ccccc2)OC(c2ccccc2)=C1. The predicted octanol–water partition coefficient (Wildman–Crippen LogP) is 9.08. The van der Waals surface area contributed by atoms with Crippen molar-refractivity contribution in [2.45, 2.75) is 12.5 Å². The van der Waals surface area contributed by atoms with Gasteiger partial charge in [0.25, 0.3) is 0 Å². The molecule has 206 valence electrons. The molecule has 1 unspecified atom stereocenters. The molecule has 3 heteroatoms. The van der Waals surface area contributed by atoms with E-state index in [0.717, 1.165) is 51.6 Å². The average molecular weight is 556 g/mol. The van der Waals surface area contributed by atoms with Crippen LogP contribution < -0.4 is 0 Å². The maximum absolute atomic E-state index is 6.35. The summed E-state index contributed by atoms with van der Waals surface area (Å²) >= 11 is 0. The van der Waals surface area contributed by atoms with Crippen LogP contribution in [0.3, 0.4) is 0 Å². The molecule has 3 aliphatic rings. The highest BCUT2D eigenvalue weighted by atomic mass is 16.5. The van der Waals surface area contributed by atoms with E-state index in [0.29, 0.717) is 0 Å². The fraction of sp³-hybridized carbons (Fsp3) is 0.0500. The second-order valence-corrected chi connectivity index (χ2v) is 10.7. The first kappa shape index (κ1) is 26.4. The van der Waals surface area contributed by atoms with Crippen molar-refractivity contribution in [2.75, 3.05) is 0 Å². The van der Waals surface area contributed by atoms with Crippen molar-refractivity contribution >= 4 is 22.9 Å². The summed E-state index contributed by atoms with van der Waals surface area (Å²) in [6.07, 6.45) is 18.0. The number of rotatable bonds is 5. The molecule has 2 heterocycles. The fourth-order valence-corrected chi connectivity index (χ4v) is 5.53. The smallest absolute Gasteiger partial charge is 0.232 e. The zero-order valence-electron chi connectivity index (χ0n) is 23.8. The Morgan fingerprint density at radius 2 is 1.05 bits per heavy atom. The molecule has 0 saturated carbocycles. The Labute approximate surface area is 252 Å².